The molecule has 1 aliphatic rings. The van der Waals surface area contributed by atoms with Gasteiger partial charge < -0.3 is 15.4 Å². The van der Waals surface area contributed by atoms with E-state index in [1.54, 1.807) is 12.1 Å². The molecule has 1 aromatic carbocycles. The summed E-state index contributed by atoms with van der Waals surface area (Å²) in [5, 5.41) is 0. The van der Waals surface area contributed by atoms with Crippen LogP contribution in [0.15, 0.2) is 29.3 Å². The molecule has 110 valence electrons. The van der Waals surface area contributed by atoms with Crippen molar-refractivity contribution < 1.29 is 9.13 Å². The summed E-state index contributed by atoms with van der Waals surface area (Å²) in [6.45, 7) is 4.25. The van der Waals surface area contributed by atoms with Crippen LogP contribution < -0.4 is 10.5 Å². The van der Waals surface area contributed by atoms with E-state index in [1.165, 1.54) is 12.1 Å². The smallest absolute Gasteiger partial charge is 0.191 e. The van der Waals surface area contributed by atoms with Crippen molar-refractivity contribution in [3.8, 4) is 5.75 Å². The van der Waals surface area contributed by atoms with Gasteiger partial charge in [0, 0.05) is 30.7 Å². The summed E-state index contributed by atoms with van der Waals surface area (Å²) in [5.41, 5.74) is 5.97. The lowest BCUT2D eigenvalue weighted by atomic mass is 10.3. The second-order valence-corrected chi connectivity index (χ2v) is 5.91. The number of thioether (sulfide) groups is 1. The molecular formula is C14H20FN3OS. The Labute approximate surface area is 123 Å². The summed E-state index contributed by atoms with van der Waals surface area (Å²) in [4.78, 5) is 6.45. The number of halogens is 1. The number of benzene rings is 1. The number of aliphatic imine (C=N–C) groups is 1. The predicted molar refractivity (Wildman–Crippen MR) is 81.9 cm³/mol. The molecule has 0 bridgehead atoms. The maximum atomic E-state index is 13.0. The molecule has 0 spiro atoms. The summed E-state index contributed by atoms with van der Waals surface area (Å²) in [6, 6.07) is 6.11. The van der Waals surface area contributed by atoms with Crippen LogP contribution in [0.1, 0.15) is 6.92 Å². The Bertz CT molecular complexity index is 463. The molecule has 20 heavy (non-hydrogen) atoms. The summed E-state index contributed by atoms with van der Waals surface area (Å²) >= 11 is 1.93. The maximum Gasteiger partial charge on any atom is 0.191 e. The highest BCUT2D eigenvalue weighted by Gasteiger charge is 2.12. The van der Waals surface area contributed by atoms with Crippen molar-refractivity contribution in [2.24, 2.45) is 10.7 Å². The van der Waals surface area contributed by atoms with E-state index < -0.39 is 0 Å². The third-order valence-electron chi connectivity index (χ3n) is 2.98. The number of hydrogen-bond donors (Lipinski definition) is 1. The highest BCUT2D eigenvalue weighted by molar-refractivity contribution is 7.99. The van der Waals surface area contributed by atoms with Gasteiger partial charge in [-0.3, -0.25) is 0 Å². The van der Waals surface area contributed by atoms with Crippen LogP contribution in [0.5, 0.6) is 5.75 Å². The van der Waals surface area contributed by atoms with Crippen molar-refractivity contribution in [2.45, 2.75) is 13.0 Å². The van der Waals surface area contributed by atoms with Crippen molar-refractivity contribution in [1.82, 2.24) is 4.90 Å². The van der Waals surface area contributed by atoms with Gasteiger partial charge in [-0.15, -0.1) is 0 Å². The summed E-state index contributed by atoms with van der Waals surface area (Å²) in [5.74, 6) is 2.96. The van der Waals surface area contributed by atoms with Crippen LogP contribution in [0.3, 0.4) is 0 Å². The van der Waals surface area contributed by atoms with Crippen molar-refractivity contribution in [3.63, 3.8) is 0 Å². The molecule has 0 aliphatic carbocycles. The fraction of sp³-hybridized carbons (Fsp3) is 0.500. The zero-order valence-electron chi connectivity index (χ0n) is 11.6. The van der Waals surface area contributed by atoms with Crippen LogP contribution in [-0.4, -0.2) is 48.1 Å². The molecule has 0 radical (unpaired) electrons. The molecule has 1 aromatic rings. The monoisotopic (exact) mass is 297 g/mol. The first-order chi connectivity index (χ1) is 9.65. The molecule has 2 N–H and O–H groups in total. The van der Waals surface area contributed by atoms with Gasteiger partial charge in [0.1, 0.15) is 17.7 Å². The Hall–Kier alpha value is -1.43. The van der Waals surface area contributed by atoms with Gasteiger partial charge in [-0.25, -0.2) is 9.38 Å². The van der Waals surface area contributed by atoms with Crippen LogP contribution in [0.2, 0.25) is 0 Å². The Morgan fingerprint density at radius 2 is 2.25 bits per heavy atom. The van der Waals surface area contributed by atoms with E-state index >= 15 is 0 Å². The molecule has 0 aromatic heterocycles. The summed E-state index contributed by atoms with van der Waals surface area (Å²) in [6.07, 6.45) is -0.144. The highest BCUT2D eigenvalue weighted by atomic mass is 32.2. The zero-order chi connectivity index (χ0) is 14.4. The molecule has 1 heterocycles. The number of guanidine groups is 1. The van der Waals surface area contributed by atoms with Gasteiger partial charge in [0.25, 0.3) is 0 Å². The van der Waals surface area contributed by atoms with E-state index in [9.17, 15) is 4.39 Å². The SMILES string of the molecule is CC(CN=C(N)N1CCSCC1)Oc1cccc(F)c1. The number of ether oxygens (including phenoxy) is 1. The largest absolute Gasteiger partial charge is 0.489 e. The minimum atomic E-state index is -0.302. The Morgan fingerprint density at radius 1 is 1.50 bits per heavy atom. The third-order valence-corrected chi connectivity index (χ3v) is 3.92. The van der Waals surface area contributed by atoms with Crippen molar-refractivity contribution >= 4 is 17.7 Å². The Morgan fingerprint density at radius 3 is 2.95 bits per heavy atom. The van der Waals surface area contributed by atoms with Gasteiger partial charge in [0.2, 0.25) is 0 Å². The molecule has 1 unspecified atom stereocenters. The average molecular weight is 297 g/mol. The Balaban J connectivity index is 1.83. The van der Waals surface area contributed by atoms with Gasteiger partial charge in [-0.1, -0.05) is 6.07 Å². The summed E-state index contributed by atoms with van der Waals surface area (Å²) in [7, 11) is 0. The minimum Gasteiger partial charge on any atom is -0.489 e. The van der Waals surface area contributed by atoms with Crippen LogP contribution in [0, 0.1) is 5.82 Å². The van der Waals surface area contributed by atoms with Gasteiger partial charge in [-0.2, -0.15) is 11.8 Å². The quantitative estimate of drug-likeness (QED) is 0.682. The fourth-order valence-corrected chi connectivity index (χ4v) is 2.83. The number of nitrogens with zero attached hydrogens (tertiary/aromatic N) is 2. The Kier molecular flexibility index (Phi) is 5.52. The van der Waals surface area contributed by atoms with Crippen molar-refractivity contribution in [1.29, 1.82) is 0 Å². The molecule has 4 nitrogen and oxygen atoms in total. The molecule has 1 atom stereocenters. The van der Waals surface area contributed by atoms with E-state index in [-0.39, 0.29) is 11.9 Å². The van der Waals surface area contributed by atoms with Crippen LogP contribution >= 0.6 is 11.8 Å². The topological polar surface area (TPSA) is 50.8 Å². The lowest BCUT2D eigenvalue weighted by Gasteiger charge is -2.27. The minimum absolute atomic E-state index is 0.144. The van der Waals surface area contributed by atoms with E-state index in [4.69, 9.17) is 10.5 Å². The van der Waals surface area contributed by atoms with Gasteiger partial charge in [0.05, 0.1) is 6.54 Å². The van der Waals surface area contributed by atoms with Gasteiger partial charge in [-0.05, 0) is 19.1 Å². The fourth-order valence-electron chi connectivity index (χ4n) is 1.92. The average Bonchev–Trinajstić information content (AvgIpc) is 2.46. The molecule has 0 amide bonds. The number of rotatable bonds is 4. The van der Waals surface area contributed by atoms with E-state index in [1.807, 2.05) is 18.7 Å². The van der Waals surface area contributed by atoms with E-state index in [0.717, 1.165) is 24.6 Å². The second-order valence-electron chi connectivity index (χ2n) is 4.68. The first-order valence-corrected chi connectivity index (χ1v) is 7.85. The molecule has 0 saturated carbocycles. The molecule has 1 fully saturated rings. The van der Waals surface area contributed by atoms with Crippen LogP contribution in [-0.2, 0) is 0 Å². The zero-order valence-corrected chi connectivity index (χ0v) is 12.4. The lowest BCUT2D eigenvalue weighted by Crippen LogP contribution is -2.43. The normalized spacial score (nSPS) is 17.9. The van der Waals surface area contributed by atoms with Crippen molar-refractivity contribution in [3.05, 3.63) is 30.1 Å². The predicted octanol–water partition coefficient (Wildman–Crippen LogP) is 1.96. The molecule has 6 heteroatoms. The highest BCUT2D eigenvalue weighted by Crippen LogP contribution is 2.14. The van der Waals surface area contributed by atoms with Gasteiger partial charge >= 0.3 is 0 Å². The van der Waals surface area contributed by atoms with Gasteiger partial charge in [0.15, 0.2) is 5.96 Å². The lowest BCUT2D eigenvalue weighted by molar-refractivity contribution is 0.229. The third kappa shape index (κ3) is 4.59. The van der Waals surface area contributed by atoms with E-state index in [0.29, 0.717) is 18.3 Å². The molecule has 1 aliphatic heterocycles. The van der Waals surface area contributed by atoms with E-state index in [2.05, 4.69) is 9.89 Å². The first-order valence-electron chi connectivity index (χ1n) is 6.70. The number of hydrogen-bond acceptors (Lipinski definition) is 3. The summed E-state index contributed by atoms with van der Waals surface area (Å²) < 4.78 is 18.6. The molecular weight excluding hydrogens is 277 g/mol. The maximum absolute atomic E-state index is 13.0. The first kappa shape index (κ1) is 15.0. The number of nitrogens with two attached hydrogens (primary N) is 1. The molecule has 1 saturated heterocycles. The standard InChI is InChI=1S/C14H20FN3OS/c1-11(19-13-4-2-3-12(15)9-13)10-17-14(16)18-5-7-20-8-6-18/h2-4,9,11H,5-8,10H2,1H3,(H2,16,17). The van der Waals surface area contributed by atoms with Crippen LogP contribution in [0.4, 0.5) is 4.39 Å². The molecule has 2 rings (SSSR count). The van der Waals surface area contributed by atoms with Crippen molar-refractivity contribution in [2.75, 3.05) is 31.1 Å². The van der Waals surface area contributed by atoms with Crippen LogP contribution in [0.25, 0.3) is 0 Å². The second kappa shape index (κ2) is 7.38.